The van der Waals surface area contributed by atoms with Gasteiger partial charge in [-0.05, 0) is 54.1 Å². The Morgan fingerprint density at radius 1 is 0.806 bits per heavy atom. The number of ether oxygens (including phenoxy) is 2. The summed E-state index contributed by atoms with van der Waals surface area (Å²) in [7, 11) is 0. The molecule has 158 valence electrons. The predicted molar refractivity (Wildman–Crippen MR) is 132 cm³/mol. The first-order valence-corrected chi connectivity index (χ1v) is 11.3. The van der Waals surface area contributed by atoms with Crippen LogP contribution >= 0.6 is 15.9 Å². The minimum Gasteiger partial charge on any atom is -0.490 e. The van der Waals surface area contributed by atoms with Crippen LogP contribution in [0.4, 0.5) is 5.69 Å². The Bertz CT molecular complexity index is 1180. The van der Waals surface area contributed by atoms with Gasteiger partial charge < -0.3 is 14.8 Å². The molecule has 0 fully saturated rings. The number of aryl methyl sites for hydroxylation is 1. The van der Waals surface area contributed by atoms with Gasteiger partial charge in [-0.2, -0.15) is 0 Å². The lowest BCUT2D eigenvalue weighted by Gasteiger charge is -2.17. The first-order valence-electron chi connectivity index (χ1n) is 10.5. The van der Waals surface area contributed by atoms with E-state index < -0.39 is 0 Å². The summed E-state index contributed by atoms with van der Waals surface area (Å²) in [6.07, 6.45) is 0. The van der Waals surface area contributed by atoms with Crippen molar-refractivity contribution in [3.05, 3.63) is 100 Å². The number of rotatable bonds is 8. The van der Waals surface area contributed by atoms with Crippen molar-refractivity contribution in [3.8, 4) is 11.5 Å². The highest BCUT2D eigenvalue weighted by Crippen LogP contribution is 2.35. The molecule has 0 saturated carbocycles. The molecule has 0 amide bonds. The minimum atomic E-state index is 0.507. The maximum atomic E-state index is 6.14. The smallest absolute Gasteiger partial charge is 0.162 e. The third-order valence-corrected chi connectivity index (χ3v) is 6.05. The van der Waals surface area contributed by atoms with Gasteiger partial charge in [0.1, 0.15) is 6.61 Å². The molecule has 4 rings (SSSR count). The molecule has 0 aliphatic rings. The van der Waals surface area contributed by atoms with Crippen LogP contribution in [0.1, 0.15) is 23.6 Å². The van der Waals surface area contributed by atoms with E-state index in [1.165, 1.54) is 21.9 Å². The normalized spacial score (nSPS) is 10.8. The van der Waals surface area contributed by atoms with Gasteiger partial charge in [-0.3, -0.25) is 0 Å². The van der Waals surface area contributed by atoms with Crippen LogP contribution in [0.25, 0.3) is 10.8 Å². The Hall–Kier alpha value is -2.98. The largest absolute Gasteiger partial charge is 0.490 e. The van der Waals surface area contributed by atoms with Crippen LogP contribution in [0.2, 0.25) is 0 Å². The Balaban J connectivity index is 1.54. The van der Waals surface area contributed by atoms with Gasteiger partial charge in [0.25, 0.3) is 0 Å². The molecule has 31 heavy (non-hydrogen) atoms. The topological polar surface area (TPSA) is 30.5 Å². The fraction of sp³-hybridized carbons (Fsp3) is 0.185. The standard InChI is InChI=1S/C27H26BrNO2/c1-3-30-26-15-22(17-29-25-14-8-12-20-10-6-7-13-23(20)25)24(28)16-27(26)31-18-21-11-5-4-9-19(21)2/h4-16,29H,3,17-18H2,1-2H3. The average molecular weight is 476 g/mol. The maximum absolute atomic E-state index is 6.14. The van der Waals surface area contributed by atoms with Crippen LogP contribution in [0.15, 0.2) is 83.3 Å². The van der Waals surface area contributed by atoms with Gasteiger partial charge in [0.05, 0.1) is 6.61 Å². The quantitative estimate of drug-likeness (QED) is 0.286. The van der Waals surface area contributed by atoms with E-state index in [1.807, 2.05) is 25.1 Å². The lowest BCUT2D eigenvalue weighted by Crippen LogP contribution is -2.05. The SMILES string of the molecule is CCOc1cc(CNc2cccc3ccccc23)c(Br)cc1OCc1ccccc1C. The number of halogens is 1. The number of hydrogen-bond acceptors (Lipinski definition) is 3. The summed E-state index contributed by atoms with van der Waals surface area (Å²) in [6.45, 7) is 5.85. The van der Waals surface area contributed by atoms with Crippen molar-refractivity contribution in [2.24, 2.45) is 0 Å². The molecule has 0 radical (unpaired) electrons. The van der Waals surface area contributed by atoms with Crippen molar-refractivity contribution in [1.29, 1.82) is 0 Å². The van der Waals surface area contributed by atoms with Gasteiger partial charge in [0.2, 0.25) is 0 Å². The molecule has 0 saturated heterocycles. The van der Waals surface area contributed by atoms with Gasteiger partial charge in [0.15, 0.2) is 11.5 Å². The fourth-order valence-electron chi connectivity index (χ4n) is 3.59. The van der Waals surface area contributed by atoms with E-state index in [1.54, 1.807) is 0 Å². The average Bonchev–Trinajstić information content (AvgIpc) is 2.79. The third-order valence-electron chi connectivity index (χ3n) is 5.32. The molecule has 0 aliphatic carbocycles. The molecule has 0 heterocycles. The second-order valence-corrected chi connectivity index (χ2v) is 8.27. The lowest BCUT2D eigenvalue weighted by atomic mass is 10.1. The highest BCUT2D eigenvalue weighted by molar-refractivity contribution is 9.10. The molecule has 4 heteroatoms. The number of anilines is 1. The van der Waals surface area contributed by atoms with Crippen molar-refractivity contribution >= 4 is 32.4 Å². The highest BCUT2D eigenvalue weighted by atomic mass is 79.9. The molecular formula is C27H26BrNO2. The monoisotopic (exact) mass is 475 g/mol. The molecule has 0 spiro atoms. The van der Waals surface area contributed by atoms with Crippen LogP contribution < -0.4 is 14.8 Å². The summed E-state index contributed by atoms with van der Waals surface area (Å²) in [5.41, 5.74) is 4.61. The molecule has 0 aromatic heterocycles. The number of hydrogen-bond donors (Lipinski definition) is 1. The van der Waals surface area contributed by atoms with Gasteiger partial charge in [-0.15, -0.1) is 0 Å². The van der Waals surface area contributed by atoms with Crippen molar-refractivity contribution in [3.63, 3.8) is 0 Å². The molecule has 0 unspecified atom stereocenters. The Morgan fingerprint density at radius 3 is 2.39 bits per heavy atom. The lowest BCUT2D eigenvalue weighted by molar-refractivity contribution is 0.268. The first-order chi connectivity index (χ1) is 15.2. The second kappa shape index (κ2) is 9.88. The van der Waals surface area contributed by atoms with Crippen LogP contribution in [0, 0.1) is 6.92 Å². The van der Waals surface area contributed by atoms with E-state index in [-0.39, 0.29) is 0 Å². The zero-order chi connectivity index (χ0) is 21.6. The summed E-state index contributed by atoms with van der Waals surface area (Å²) < 4.78 is 13.0. The van der Waals surface area contributed by atoms with E-state index in [9.17, 15) is 0 Å². The van der Waals surface area contributed by atoms with Gasteiger partial charge in [0, 0.05) is 22.1 Å². The fourth-order valence-corrected chi connectivity index (χ4v) is 4.05. The number of benzene rings is 4. The molecular weight excluding hydrogens is 450 g/mol. The molecule has 1 N–H and O–H groups in total. The van der Waals surface area contributed by atoms with E-state index >= 15 is 0 Å². The van der Waals surface area contributed by atoms with Crippen LogP contribution in [-0.2, 0) is 13.2 Å². The summed E-state index contributed by atoms with van der Waals surface area (Å²) >= 11 is 3.72. The van der Waals surface area contributed by atoms with Crippen molar-refractivity contribution in [2.75, 3.05) is 11.9 Å². The van der Waals surface area contributed by atoms with Gasteiger partial charge in [-0.25, -0.2) is 0 Å². The Morgan fingerprint density at radius 2 is 1.55 bits per heavy atom. The zero-order valence-corrected chi connectivity index (χ0v) is 19.4. The molecule has 0 atom stereocenters. The molecule has 3 nitrogen and oxygen atoms in total. The molecule has 4 aromatic carbocycles. The van der Waals surface area contributed by atoms with E-state index in [2.05, 4.69) is 88.8 Å². The zero-order valence-electron chi connectivity index (χ0n) is 17.8. The van der Waals surface area contributed by atoms with E-state index in [4.69, 9.17) is 9.47 Å². The Kier molecular flexibility index (Phi) is 6.78. The van der Waals surface area contributed by atoms with Crippen molar-refractivity contribution < 1.29 is 9.47 Å². The molecule has 0 aliphatic heterocycles. The summed E-state index contributed by atoms with van der Waals surface area (Å²) in [6, 6.07) is 27.0. The molecule has 0 bridgehead atoms. The van der Waals surface area contributed by atoms with Crippen LogP contribution in [0.3, 0.4) is 0 Å². The maximum Gasteiger partial charge on any atom is 0.162 e. The van der Waals surface area contributed by atoms with Gasteiger partial charge in [-0.1, -0.05) is 76.6 Å². The van der Waals surface area contributed by atoms with E-state index in [0.717, 1.165) is 27.2 Å². The van der Waals surface area contributed by atoms with Crippen molar-refractivity contribution in [2.45, 2.75) is 27.0 Å². The van der Waals surface area contributed by atoms with Crippen LogP contribution in [-0.4, -0.2) is 6.61 Å². The predicted octanol–water partition coefficient (Wildman–Crippen LogP) is 7.50. The highest BCUT2D eigenvalue weighted by Gasteiger charge is 2.12. The van der Waals surface area contributed by atoms with E-state index in [0.29, 0.717) is 19.8 Å². The first kappa shape index (κ1) is 21.3. The van der Waals surface area contributed by atoms with Gasteiger partial charge >= 0.3 is 0 Å². The minimum absolute atomic E-state index is 0.507. The number of nitrogens with one attached hydrogen (secondary N) is 1. The number of fused-ring (bicyclic) bond motifs is 1. The summed E-state index contributed by atoms with van der Waals surface area (Å²) in [5.74, 6) is 1.50. The summed E-state index contributed by atoms with van der Waals surface area (Å²) in [5, 5.41) is 6.01. The van der Waals surface area contributed by atoms with Crippen LogP contribution in [0.5, 0.6) is 11.5 Å². The summed E-state index contributed by atoms with van der Waals surface area (Å²) in [4.78, 5) is 0. The second-order valence-electron chi connectivity index (χ2n) is 7.42. The molecule has 4 aromatic rings. The Labute approximate surface area is 192 Å². The van der Waals surface area contributed by atoms with Crippen molar-refractivity contribution in [1.82, 2.24) is 0 Å². The third kappa shape index (κ3) is 5.02.